The Morgan fingerprint density at radius 1 is 1.06 bits per heavy atom. The molecule has 0 saturated carbocycles. The highest BCUT2D eigenvalue weighted by molar-refractivity contribution is 7.92. The maximum absolute atomic E-state index is 12.9. The van der Waals surface area contributed by atoms with Crippen molar-refractivity contribution in [1.82, 2.24) is 10.2 Å². The highest BCUT2D eigenvalue weighted by Crippen LogP contribution is 2.29. The summed E-state index contributed by atoms with van der Waals surface area (Å²) < 4.78 is 32.7. The van der Waals surface area contributed by atoms with Crippen LogP contribution in [-0.4, -0.2) is 31.6 Å². The van der Waals surface area contributed by atoms with E-state index in [2.05, 4.69) is 21.6 Å². The van der Waals surface area contributed by atoms with Gasteiger partial charge in [0.15, 0.2) is 0 Å². The number of nitrogens with one attached hydrogen (secondary N) is 1. The Morgan fingerprint density at radius 2 is 1.69 bits per heavy atom. The molecule has 1 N–H and O–H groups in total. The number of nitrogens with zero attached hydrogens (tertiary/aromatic N) is 4. The second-order valence-corrected chi connectivity index (χ2v) is 8.95. The van der Waals surface area contributed by atoms with Crippen LogP contribution in [0.25, 0.3) is 0 Å². The lowest BCUT2D eigenvalue weighted by molar-refractivity contribution is -0.114. The number of aromatic nitrogens is 2. The van der Waals surface area contributed by atoms with E-state index < -0.39 is 10.0 Å². The average molecular weight is 452 g/mol. The maximum Gasteiger partial charge on any atom is 0.264 e. The van der Waals surface area contributed by atoms with Crippen molar-refractivity contribution in [2.24, 2.45) is 0 Å². The van der Waals surface area contributed by atoms with E-state index >= 15 is 0 Å². The molecule has 0 aliphatic heterocycles. The predicted octanol–water partition coefficient (Wildman–Crippen LogP) is 3.54. The van der Waals surface area contributed by atoms with Crippen molar-refractivity contribution in [3.63, 3.8) is 0 Å². The number of hydrogen-bond donors (Lipinski definition) is 1. The number of ether oxygens (including phenoxy) is 1. The SMILES string of the molecule is CC(=O)Nc1ccc(S(=O)(=O)N(C)c2ccc(Oc3nnc(C)c(C)c3C#N)cc2)cc1. The molecule has 0 radical (unpaired) electrons. The van der Waals surface area contributed by atoms with Crippen LogP contribution < -0.4 is 14.4 Å². The molecule has 1 heterocycles. The van der Waals surface area contributed by atoms with E-state index in [0.29, 0.717) is 33.9 Å². The Morgan fingerprint density at radius 3 is 2.25 bits per heavy atom. The van der Waals surface area contributed by atoms with Crippen LogP contribution >= 0.6 is 0 Å². The molecule has 0 fully saturated rings. The molecule has 0 bridgehead atoms. The fourth-order valence-corrected chi connectivity index (χ4v) is 4.03. The fraction of sp³-hybridized carbons (Fsp3) is 0.182. The quantitative estimate of drug-likeness (QED) is 0.607. The first kappa shape index (κ1) is 22.7. The molecule has 0 unspecified atom stereocenters. The number of carbonyl (C=O) groups is 1. The number of sulfonamides is 1. The molecule has 1 amide bonds. The van der Waals surface area contributed by atoms with Gasteiger partial charge in [0, 0.05) is 19.7 Å². The number of aryl methyl sites for hydroxylation is 1. The first-order chi connectivity index (χ1) is 15.1. The molecule has 2 aromatic carbocycles. The van der Waals surface area contributed by atoms with E-state index in [9.17, 15) is 18.5 Å². The third-order valence-corrected chi connectivity index (χ3v) is 6.58. The van der Waals surface area contributed by atoms with Gasteiger partial charge in [-0.1, -0.05) is 0 Å². The second kappa shape index (κ2) is 9.03. The van der Waals surface area contributed by atoms with Crippen LogP contribution in [0, 0.1) is 25.2 Å². The molecule has 0 aliphatic rings. The Labute approximate surface area is 186 Å². The number of hydrogen-bond acceptors (Lipinski definition) is 7. The summed E-state index contributed by atoms with van der Waals surface area (Å²) in [6, 6.07) is 14.3. The van der Waals surface area contributed by atoms with Gasteiger partial charge in [-0.2, -0.15) is 10.4 Å². The fourth-order valence-electron chi connectivity index (χ4n) is 2.84. The predicted molar refractivity (Wildman–Crippen MR) is 119 cm³/mol. The van der Waals surface area contributed by atoms with Crippen molar-refractivity contribution in [2.45, 2.75) is 25.7 Å². The zero-order valence-electron chi connectivity index (χ0n) is 17.9. The monoisotopic (exact) mass is 451 g/mol. The van der Waals surface area contributed by atoms with Crippen molar-refractivity contribution in [2.75, 3.05) is 16.7 Å². The molecular weight excluding hydrogens is 430 g/mol. The Bertz CT molecular complexity index is 1300. The van der Waals surface area contributed by atoms with Crippen molar-refractivity contribution >= 4 is 27.3 Å². The molecule has 0 spiro atoms. The molecule has 3 aromatic rings. The van der Waals surface area contributed by atoms with Crippen LogP contribution in [0.3, 0.4) is 0 Å². The van der Waals surface area contributed by atoms with E-state index in [1.165, 1.54) is 38.2 Å². The van der Waals surface area contributed by atoms with E-state index in [1.54, 1.807) is 38.1 Å². The Balaban J connectivity index is 1.80. The van der Waals surface area contributed by atoms with Gasteiger partial charge >= 0.3 is 0 Å². The average Bonchev–Trinajstić information content (AvgIpc) is 2.76. The number of anilines is 2. The summed E-state index contributed by atoms with van der Waals surface area (Å²) in [4.78, 5) is 11.2. The zero-order valence-corrected chi connectivity index (χ0v) is 18.8. The van der Waals surface area contributed by atoms with Crippen LogP contribution in [0.1, 0.15) is 23.7 Å². The first-order valence-electron chi connectivity index (χ1n) is 9.52. The zero-order chi connectivity index (χ0) is 23.5. The van der Waals surface area contributed by atoms with Crippen LogP contribution in [0.2, 0.25) is 0 Å². The number of benzene rings is 2. The van der Waals surface area contributed by atoms with Gasteiger partial charge in [-0.05, 0) is 67.9 Å². The minimum absolute atomic E-state index is 0.0819. The lowest BCUT2D eigenvalue weighted by atomic mass is 10.1. The molecular formula is C22H21N5O4S. The summed E-state index contributed by atoms with van der Waals surface area (Å²) in [6.45, 7) is 4.89. The molecule has 1 aromatic heterocycles. The number of carbonyl (C=O) groups excluding carboxylic acids is 1. The minimum Gasteiger partial charge on any atom is -0.437 e. The van der Waals surface area contributed by atoms with Gasteiger partial charge in [-0.15, -0.1) is 5.10 Å². The molecule has 10 heteroatoms. The Hall–Kier alpha value is -3.97. The summed E-state index contributed by atoms with van der Waals surface area (Å²) in [5, 5.41) is 19.9. The van der Waals surface area contributed by atoms with Gasteiger partial charge in [0.25, 0.3) is 15.9 Å². The van der Waals surface area contributed by atoms with Gasteiger partial charge in [-0.3, -0.25) is 9.10 Å². The third kappa shape index (κ3) is 4.68. The summed E-state index contributed by atoms with van der Waals surface area (Å²) >= 11 is 0. The smallest absolute Gasteiger partial charge is 0.264 e. The standard InChI is InChI=1S/C22H21N5O4S/c1-14-15(2)25-26-22(21(14)13-23)31-19-9-7-18(8-10-19)27(4)32(29,30)20-11-5-17(6-12-20)24-16(3)28/h5-12H,1-4H3,(H,24,28). The molecule has 3 rings (SSSR count). The van der Waals surface area contributed by atoms with Gasteiger partial charge in [0.05, 0.1) is 16.3 Å². The topological polar surface area (TPSA) is 125 Å². The number of amides is 1. The Kier molecular flexibility index (Phi) is 6.41. The highest BCUT2D eigenvalue weighted by atomic mass is 32.2. The van der Waals surface area contributed by atoms with Gasteiger partial charge in [0.2, 0.25) is 5.91 Å². The highest BCUT2D eigenvalue weighted by Gasteiger charge is 2.21. The van der Waals surface area contributed by atoms with Crippen molar-refractivity contribution in [1.29, 1.82) is 5.26 Å². The largest absolute Gasteiger partial charge is 0.437 e. The molecule has 0 saturated heterocycles. The van der Waals surface area contributed by atoms with E-state index in [-0.39, 0.29) is 16.7 Å². The van der Waals surface area contributed by atoms with Crippen molar-refractivity contribution < 1.29 is 17.9 Å². The lowest BCUT2D eigenvalue weighted by Crippen LogP contribution is -2.26. The number of rotatable bonds is 6. The summed E-state index contributed by atoms with van der Waals surface area (Å²) in [7, 11) is -2.38. The van der Waals surface area contributed by atoms with Crippen LogP contribution in [-0.2, 0) is 14.8 Å². The lowest BCUT2D eigenvalue weighted by Gasteiger charge is -2.20. The molecule has 0 aliphatic carbocycles. The van der Waals surface area contributed by atoms with Gasteiger partial charge < -0.3 is 10.1 Å². The van der Waals surface area contributed by atoms with Crippen LogP contribution in [0.15, 0.2) is 53.4 Å². The molecule has 0 atom stereocenters. The second-order valence-electron chi connectivity index (χ2n) is 6.98. The van der Waals surface area contributed by atoms with E-state index in [1.807, 2.05) is 0 Å². The van der Waals surface area contributed by atoms with E-state index in [4.69, 9.17) is 4.74 Å². The van der Waals surface area contributed by atoms with Gasteiger partial charge in [-0.25, -0.2) is 8.42 Å². The minimum atomic E-state index is -3.82. The van der Waals surface area contributed by atoms with Crippen molar-refractivity contribution in [3.05, 3.63) is 65.4 Å². The van der Waals surface area contributed by atoms with E-state index in [0.717, 1.165) is 4.31 Å². The van der Waals surface area contributed by atoms with Crippen molar-refractivity contribution in [3.8, 4) is 17.7 Å². The summed E-state index contributed by atoms with van der Waals surface area (Å²) in [5.74, 6) is 0.227. The normalized spacial score (nSPS) is 10.8. The summed E-state index contributed by atoms with van der Waals surface area (Å²) in [5.41, 5.74) is 2.54. The maximum atomic E-state index is 12.9. The van der Waals surface area contributed by atoms with Crippen LogP contribution in [0.5, 0.6) is 11.6 Å². The van der Waals surface area contributed by atoms with Gasteiger partial charge in [0.1, 0.15) is 17.4 Å². The third-order valence-electron chi connectivity index (χ3n) is 4.78. The first-order valence-corrected chi connectivity index (χ1v) is 11.0. The van der Waals surface area contributed by atoms with Crippen LogP contribution in [0.4, 0.5) is 11.4 Å². The molecule has 9 nitrogen and oxygen atoms in total. The molecule has 164 valence electrons. The summed E-state index contributed by atoms with van der Waals surface area (Å²) in [6.07, 6.45) is 0. The number of nitriles is 1. The molecule has 32 heavy (non-hydrogen) atoms.